The van der Waals surface area contributed by atoms with E-state index in [9.17, 15) is 5.11 Å². The number of pyridine rings is 1. The molecule has 0 bridgehead atoms. The van der Waals surface area contributed by atoms with Crippen LogP contribution >= 0.6 is 11.6 Å². The second-order valence-electron chi connectivity index (χ2n) is 3.83. The predicted molar refractivity (Wildman–Crippen MR) is 69.6 cm³/mol. The van der Waals surface area contributed by atoms with E-state index in [1.165, 1.54) is 6.20 Å². The van der Waals surface area contributed by atoms with Gasteiger partial charge in [0.2, 0.25) is 5.82 Å². The summed E-state index contributed by atoms with van der Waals surface area (Å²) in [5.74, 6) is 0.843. The lowest BCUT2D eigenvalue weighted by Gasteiger charge is -1.96. The van der Waals surface area contributed by atoms with Gasteiger partial charge in [-0.05, 0) is 18.2 Å². The van der Waals surface area contributed by atoms with Crippen LogP contribution in [0, 0.1) is 0 Å². The number of phenolic OH excluding ortho intramolecular Hbond substituents is 1. The maximum Gasteiger partial charge on any atom is 0.259 e. The molecule has 1 aromatic carbocycles. The Morgan fingerprint density at radius 1 is 1.21 bits per heavy atom. The molecule has 0 aliphatic carbocycles. The Balaban J connectivity index is 2.03. The van der Waals surface area contributed by atoms with Crippen LogP contribution in [0.2, 0.25) is 5.02 Å². The van der Waals surface area contributed by atoms with E-state index < -0.39 is 0 Å². The van der Waals surface area contributed by atoms with Crippen LogP contribution < -0.4 is 0 Å². The summed E-state index contributed by atoms with van der Waals surface area (Å²) in [5, 5.41) is 13.7. The van der Waals surface area contributed by atoms with Crippen LogP contribution in [0.5, 0.6) is 5.75 Å². The molecule has 5 nitrogen and oxygen atoms in total. The molecule has 0 spiro atoms. The van der Waals surface area contributed by atoms with Crippen molar-refractivity contribution < 1.29 is 9.63 Å². The average molecular weight is 274 g/mol. The summed E-state index contributed by atoms with van der Waals surface area (Å²) in [4.78, 5) is 8.14. The van der Waals surface area contributed by atoms with Gasteiger partial charge in [-0.2, -0.15) is 4.98 Å². The number of hydrogen-bond acceptors (Lipinski definition) is 5. The molecule has 6 heteroatoms. The monoisotopic (exact) mass is 273 g/mol. The Morgan fingerprint density at radius 3 is 2.89 bits per heavy atom. The highest BCUT2D eigenvalue weighted by molar-refractivity contribution is 6.32. The van der Waals surface area contributed by atoms with Crippen molar-refractivity contribution in [2.45, 2.75) is 0 Å². The number of benzene rings is 1. The van der Waals surface area contributed by atoms with Crippen molar-refractivity contribution in [3.8, 4) is 28.6 Å². The molecule has 0 aliphatic heterocycles. The van der Waals surface area contributed by atoms with E-state index in [0.29, 0.717) is 27.9 Å². The first-order valence-electron chi connectivity index (χ1n) is 5.47. The minimum Gasteiger partial charge on any atom is -0.508 e. The third-order valence-electron chi connectivity index (χ3n) is 2.53. The molecule has 2 aromatic heterocycles. The number of aromatic hydroxyl groups is 1. The van der Waals surface area contributed by atoms with Gasteiger partial charge in [0.25, 0.3) is 5.89 Å². The Morgan fingerprint density at radius 2 is 2.11 bits per heavy atom. The van der Waals surface area contributed by atoms with E-state index in [4.69, 9.17) is 16.1 Å². The van der Waals surface area contributed by atoms with E-state index in [1.54, 1.807) is 36.5 Å². The molecule has 0 fully saturated rings. The number of hydrogen-bond donors (Lipinski definition) is 1. The fourth-order valence-corrected chi connectivity index (χ4v) is 1.84. The van der Waals surface area contributed by atoms with Crippen LogP contribution in [0.3, 0.4) is 0 Å². The maximum atomic E-state index is 9.43. The fraction of sp³-hybridized carbons (Fsp3) is 0. The SMILES string of the molecule is Oc1cccc(-c2noc(-c3ccncc3Cl)n2)c1. The van der Waals surface area contributed by atoms with Crippen LogP contribution in [0.15, 0.2) is 47.2 Å². The van der Waals surface area contributed by atoms with E-state index in [2.05, 4.69) is 15.1 Å². The minimum atomic E-state index is 0.144. The average Bonchev–Trinajstić information content (AvgIpc) is 2.89. The van der Waals surface area contributed by atoms with Crippen LogP contribution in [-0.2, 0) is 0 Å². The number of aromatic nitrogens is 3. The zero-order valence-corrected chi connectivity index (χ0v) is 10.4. The lowest BCUT2D eigenvalue weighted by Crippen LogP contribution is -1.82. The first-order valence-corrected chi connectivity index (χ1v) is 5.85. The molecule has 0 aliphatic rings. The zero-order chi connectivity index (χ0) is 13.2. The molecule has 3 rings (SSSR count). The summed E-state index contributed by atoms with van der Waals surface area (Å²) in [7, 11) is 0. The molecule has 2 heterocycles. The van der Waals surface area contributed by atoms with Gasteiger partial charge in [0.15, 0.2) is 0 Å². The zero-order valence-electron chi connectivity index (χ0n) is 9.62. The Hall–Kier alpha value is -2.40. The van der Waals surface area contributed by atoms with Crippen molar-refractivity contribution in [3.05, 3.63) is 47.7 Å². The molecule has 0 atom stereocenters. The van der Waals surface area contributed by atoms with E-state index in [1.807, 2.05) is 0 Å². The lowest BCUT2D eigenvalue weighted by atomic mass is 10.2. The van der Waals surface area contributed by atoms with Crippen LogP contribution in [0.25, 0.3) is 22.8 Å². The molecule has 0 amide bonds. The van der Waals surface area contributed by atoms with Crippen LogP contribution in [0.1, 0.15) is 0 Å². The van der Waals surface area contributed by atoms with Gasteiger partial charge in [-0.15, -0.1) is 0 Å². The van der Waals surface area contributed by atoms with Crippen molar-refractivity contribution in [2.75, 3.05) is 0 Å². The first-order chi connectivity index (χ1) is 9.24. The van der Waals surface area contributed by atoms with E-state index in [0.717, 1.165) is 0 Å². The largest absolute Gasteiger partial charge is 0.508 e. The highest BCUT2D eigenvalue weighted by Crippen LogP contribution is 2.28. The smallest absolute Gasteiger partial charge is 0.259 e. The predicted octanol–water partition coefficient (Wildman–Crippen LogP) is 3.16. The number of rotatable bonds is 2. The summed E-state index contributed by atoms with van der Waals surface area (Å²) in [5.41, 5.74) is 1.29. The summed E-state index contributed by atoms with van der Waals surface area (Å²) in [6.45, 7) is 0. The van der Waals surface area contributed by atoms with Gasteiger partial charge < -0.3 is 9.63 Å². The Labute approximate surface area is 113 Å². The number of halogens is 1. The van der Waals surface area contributed by atoms with E-state index >= 15 is 0 Å². The van der Waals surface area contributed by atoms with Crippen molar-refractivity contribution in [3.63, 3.8) is 0 Å². The van der Waals surface area contributed by atoms with Gasteiger partial charge in [0, 0.05) is 18.0 Å². The standard InChI is InChI=1S/C13H8ClN3O2/c14-11-7-15-5-4-10(11)13-16-12(17-19-13)8-2-1-3-9(18)6-8/h1-7,18H. The Bertz CT molecular complexity index is 727. The molecule has 1 N–H and O–H groups in total. The van der Waals surface area contributed by atoms with Gasteiger partial charge >= 0.3 is 0 Å². The highest BCUT2D eigenvalue weighted by Gasteiger charge is 2.13. The quantitative estimate of drug-likeness (QED) is 0.776. The second-order valence-corrected chi connectivity index (χ2v) is 4.24. The Kier molecular flexibility index (Phi) is 2.89. The highest BCUT2D eigenvalue weighted by atomic mass is 35.5. The molecule has 0 unspecified atom stereocenters. The fourth-order valence-electron chi connectivity index (χ4n) is 1.64. The van der Waals surface area contributed by atoms with Crippen molar-refractivity contribution in [1.29, 1.82) is 0 Å². The third-order valence-corrected chi connectivity index (χ3v) is 2.83. The maximum absolute atomic E-state index is 9.43. The van der Waals surface area contributed by atoms with Gasteiger partial charge in [-0.1, -0.05) is 28.9 Å². The molecule has 3 aromatic rings. The number of phenols is 1. The normalized spacial score (nSPS) is 10.6. The molecule has 19 heavy (non-hydrogen) atoms. The van der Waals surface area contributed by atoms with Crippen LogP contribution in [0.4, 0.5) is 0 Å². The van der Waals surface area contributed by atoms with Crippen molar-refractivity contribution >= 4 is 11.6 Å². The second kappa shape index (κ2) is 4.70. The van der Waals surface area contributed by atoms with Crippen LogP contribution in [-0.4, -0.2) is 20.2 Å². The van der Waals surface area contributed by atoms with Gasteiger partial charge in [0.1, 0.15) is 5.75 Å². The molecular formula is C13H8ClN3O2. The summed E-state index contributed by atoms with van der Waals surface area (Å²) in [6, 6.07) is 8.32. The molecule has 0 saturated heterocycles. The van der Waals surface area contributed by atoms with Gasteiger partial charge in [-0.3, -0.25) is 4.98 Å². The van der Waals surface area contributed by atoms with Gasteiger partial charge in [0.05, 0.1) is 10.6 Å². The first kappa shape index (κ1) is 11.7. The summed E-state index contributed by atoms with van der Waals surface area (Å²) >= 11 is 6.01. The van der Waals surface area contributed by atoms with Gasteiger partial charge in [-0.25, -0.2) is 0 Å². The minimum absolute atomic E-state index is 0.144. The summed E-state index contributed by atoms with van der Waals surface area (Å²) in [6.07, 6.45) is 3.11. The van der Waals surface area contributed by atoms with Crippen molar-refractivity contribution in [1.82, 2.24) is 15.1 Å². The number of nitrogens with zero attached hydrogens (tertiary/aromatic N) is 3. The molecule has 0 saturated carbocycles. The van der Waals surface area contributed by atoms with E-state index in [-0.39, 0.29) is 5.75 Å². The molecular weight excluding hydrogens is 266 g/mol. The molecule has 0 radical (unpaired) electrons. The topological polar surface area (TPSA) is 72.0 Å². The third kappa shape index (κ3) is 2.28. The lowest BCUT2D eigenvalue weighted by molar-refractivity contribution is 0.432. The summed E-state index contributed by atoms with van der Waals surface area (Å²) < 4.78 is 5.17. The molecule has 94 valence electrons. The van der Waals surface area contributed by atoms with Crippen molar-refractivity contribution in [2.24, 2.45) is 0 Å².